The van der Waals surface area contributed by atoms with Gasteiger partial charge >= 0.3 is 0 Å². The van der Waals surface area contributed by atoms with Crippen LogP contribution < -0.4 is 4.90 Å². The molecule has 11 aromatic carbocycles. The van der Waals surface area contributed by atoms with Gasteiger partial charge in [-0.1, -0.05) is 202 Å². The lowest BCUT2D eigenvalue weighted by molar-refractivity contribution is 0.659. The Bertz CT molecular complexity index is 4120. The SMILES string of the molecule is CC1(C)c2cc(-n3c4ccc(-c5ccccc5)cc4c4cc(N(c5ccccc5)c5ccc(-c6ccccc6)cc5)ccc43)ccc2-c2c1ccc1c2-c2ccccc2C12c1ccccc1-c1ccccc12. The maximum absolute atomic E-state index is 2.51. The van der Waals surface area contributed by atoms with Gasteiger partial charge in [0, 0.05) is 38.9 Å². The van der Waals surface area contributed by atoms with Gasteiger partial charge in [0.05, 0.1) is 16.4 Å². The van der Waals surface area contributed by atoms with Crippen molar-refractivity contribution < 1.29 is 0 Å². The largest absolute Gasteiger partial charge is 0.310 e. The summed E-state index contributed by atoms with van der Waals surface area (Å²) in [4.78, 5) is 2.39. The summed E-state index contributed by atoms with van der Waals surface area (Å²) < 4.78 is 2.51. The highest BCUT2D eigenvalue weighted by atomic mass is 15.1. The topological polar surface area (TPSA) is 8.17 Å². The number of rotatable bonds is 6. The molecule has 0 aliphatic heterocycles. The van der Waals surface area contributed by atoms with Gasteiger partial charge in [-0.3, -0.25) is 0 Å². The molecule has 3 aliphatic carbocycles. The second kappa shape index (κ2) is 15.3. The van der Waals surface area contributed by atoms with Crippen molar-refractivity contribution in [3.05, 3.63) is 288 Å². The molecule has 338 valence electrons. The van der Waals surface area contributed by atoms with Gasteiger partial charge in [-0.15, -0.1) is 0 Å². The molecule has 1 aromatic heterocycles. The number of fused-ring (bicyclic) bond motifs is 17. The fourth-order valence-electron chi connectivity index (χ4n) is 13.2. The van der Waals surface area contributed by atoms with E-state index in [9.17, 15) is 0 Å². The van der Waals surface area contributed by atoms with E-state index < -0.39 is 0 Å². The van der Waals surface area contributed by atoms with E-state index in [0.717, 1.165) is 17.1 Å². The zero-order valence-corrected chi connectivity index (χ0v) is 40.1. The van der Waals surface area contributed by atoms with Crippen molar-refractivity contribution in [2.45, 2.75) is 24.7 Å². The first-order valence-electron chi connectivity index (χ1n) is 25.3. The average Bonchev–Trinajstić information content (AvgIpc) is 4.12. The van der Waals surface area contributed by atoms with E-state index in [2.05, 4.69) is 278 Å². The normalized spacial score (nSPS) is 13.9. The van der Waals surface area contributed by atoms with E-state index in [1.54, 1.807) is 0 Å². The first kappa shape index (κ1) is 40.9. The van der Waals surface area contributed by atoms with Crippen LogP contribution in [-0.4, -0.2) is 4.57 Å². The highest BCUT2D eigenvalue weighted by molar-refractivity contribution is 6.12. The van der Waals surface area contributed by atoms with Crippen molar-refractivity contribution in [3.8, 4) is 61.3 Å². The predicted octanol–water partition coefficient (Wildman–Crippen LogP) is 18.2. The second-order valence-corrected chi connectivity index (χ2v) is 20.4. The molecule has 1 heterocycles. The Labute approximate surface area is 420 Å². The van der Waals surface area contributed by atoms with Crippen molar-refractivity contribution in [2.75, 3.05) is 4.90 Å². The van der Waals surface area contributed by atoms with Crippen LogP contribution in [0.25, 0.3) is 83.1 Å². The van der Waals surface area contributed by atoms with Gasteiger partial charge in [-0.05, 0) is 156 Å². The molecule has 0 unspecified atom stereocenters. The molecule has 0 fully saturated rings. The van der Waals surface area contributed by atoms with E-state index in [4.69, 9.17) is 0 Å². The Morgan fingerprint density at radius 2 is 0.764 bits per heavy atom. The predicted molar refractivity (Wildman–Crippen MR) is 300 cm³/mol. The smallest absolute Gasteiger partial charge is 0.0725 e. The number of aromatic nitrogens is 1. The lowest BCUT2D eigenvalue weighted by atomic mass is 9.70. The third kappa shape index (κ3) is 5.61. The third-order valence-corrected chi connectivity index (χ3v) is 16.4. The standard InChI is InChI=1S/C70H48N2/c1-69(2)62-38-39-63-68(55-26-14-17-29-61(55)70(63)59-27-15-12-24-53(59)54-25-13-16-28-60(54)70)67(62)56-37-35-52(44-64(56)69)72-65-40-32-48(46-20-8-4-9-21-46)42-57(65)58-43-51(36-41-66(58)72)71(49-22-10-5-11-23-49)50-33-30-47(31-34-50)45-18-6-3-7-19-45/h3-44H,1-2H3. The van der Waals surface area contributed by atoms with Crippen LogP contribution in [-0.2, 0) is 10.8 Å². The molecule has 2 heteroatoms. The average molecular weight is 917 g/mol. The molecule has 72 heavy (non-hydrogen) atoms. The van der Waals surface area contributed by atoms with Crippen molar-refractivity contribution in [1.82, 2.24) is 4.57 Å². The van der Waals surface area contributed by atoms with Crippen molar-refractivity contribution in [2.24, 2.45) is 0 Å². The van der Waals surface area contributed by atoms with Crippen LogP contribution >= 0.6 is 0 Å². The van der Waals surface area contributed by atoms with E-state index >= 15 is 0 Å². The third-order valence-electron chi connectivity index (χ3n) is 16.4. The van der Waals surface area contributed by atoms with Crippen LogP contribution in [0.3, 0.4) is 0 Å². The molecule has 2 nitrogen and oxygen atoms in total. The van der Waals surface area contributed by atoms with Gasteiger partial charge in [0.25, 0.3) is 0 Å². The number of hydrogen-bond acceptors (Lipinski definition) is 1. The van der Waals surface area contributed by atoms with Crippen LogP contribution in [0.15, 0.2) is 255 Å². The number of nitrogens with zero attached hydrogens (tertiary/aromatic N) is 2. The Morgan fingerprint density at radius 3 is 1.43 bits per heavy atom. The minimum atomic E-state index is -0.386. The van der Waals surface area contributed by atoms with Gasteiger partial charge in [0.15, 0.2) is 0 Å². The van der Waals surface area contributed by atoms with Gasteiger partial charge in [-0.25, -0.2) is 0 Å². The van der Waals surface area contributed by atoms with E-state index in [-0.39, 0.29) is 10.8 Å². The number of para-hydroxylation sites is 1. The quantitative estimate of drug-likeness (QED) is 0.161. The highest BCUT2D eigenvalue weighted by Gasteiger charge is 2.53. The summed E-state index contributed by atoms with van der Waals surface area (Å²) in [6.45, 7) is 4.86. The first-order chi connectivity index (χ1) is 35.5. The van der Waals surface area contributed by atoms with Crippen molar-refractivity contribution in [1.29, 1.82) is 0 Å². The van der Waals surface area contributed by atoms with Crippen molar-refractivity contribution >= 4 is 38.9 Å². The molecule has 0 atom stereocenters. The highest BCUT2D eigenvalue weighted by Crippen LogP contribution is 2.66. The second-order valence-electron chi connectivity index (χ2n) is 20.4. The zero-order chi connectivity index (χ0) is 47.7. The molecular weight excluding hydrogens is 869 g/mol. The molecule has 12 aromatic rings. The monoisotopic (exact) mass is 916 g/mol. The van der Waals surface area contributed by atoms with Crippen LogP contribution in [0, 0.1) is 0 Å². The number of benzene rings is 11. The minimum Gasteiger partial charge on any atom is -0.310 e. The molecule has 0 amide bonds. The first-order valence-corrected chi connectivity index (χ1v) is 25.3. The molecular formula is C70H48N2. The molecule has 0 radical (unpaired) electrons. The molecule has 0 bridgehead atoms. The molecule has 3 aliphatic rings. The molecule has 1 spiro atoms. The van der Waals surface area contributed by atoms with Gasteiger partial charge < -0.3 is 9.47 Å². The lowest BCUT2D eigenvalue weighted by Crippen LogP contribution is -2.26. The summed E-state index contributed by atoms with van der Waals surface area (Å²) in [5.74, 6) is 0. The summed E-state index contributed by atoms with van der Waals surface area (Å²) in [7, 11) is 0. The minimum absolute atomic E-state index is 0.245. The molecule has 15 rings (SSSR count). The summed E-state index contributed by atoms with van der Waals surface area (Å²) in [6.07, 6.45) is 0. The summed E-state index contributed by atoms with van der Waals surface area (Å²) in [5.41, 5.74) is 27.4. The Morgan fingerprint density at radius 1 is 0.306 bits per heavy atom. The molecule has 0 saturated carbocycles. The molecule has 0 saturated heterocycles. The van der Waals surface area contributed by atoms with Gasteiger partial charge in [0.1, 0.15) is 0 Å². The summed E-state index contributed by atoms with van der Waals surface area (Å²) in [6, 6.07) is 94.9. The van der Waals surface area contributed by atoms with Crippen molar-refractivity contribution in [3.63, 3.8) is 0 Å². The van der Waals surface area contributed by atoms with Gasteiger partial charge in [0.2, 0.25) is 0 Å². The van der Waals surface area contributed by atoms with Crippen LogP contribution in [0.5, 0.6) is 0 Å². The number of anilines is 3. The fourth-order valence-corrected chi connectivity index (χ4v) is 13.2. The van der Waals surface area contributed by atoms with Crippen LogP contribution in [0.1, 0.15) is 47.2 Å². The van der Waals surface area contributed by atoms with Crippen LogP contribution in [0.2, 0.25) is 0 Å². The Hall–Kier alpha value is -8.98. The Kier molecular flexibility index (Phi) is 8.66. The number of hydrogen-bond donors (Lipinski definition) is 0. The molecule has 0 N–H and O–H groups in total. The maximum atomic E-state index is 2.51. The van der Waals surface area contributed by atoms with E-state index in [1.807, 2.05) is 0 Å². The lowest BCUT2D eigenvalue weighted by Gasteiger charge is -2.31. The summed E-state index contributed by atoms with van der Waals surface area (Å²) >= 11 is 0. The summed E-state index contributed by atoms with van der Waals surface area (Å²) in [5, 5.41) is 2.43. The van der Waals surface area contributed by atoms with E-state index in [0.29, 0.717) is 0 Å². The fraction of sp³-hybridized carbons (Fsp3) is 0.0571. The van der Waals surface area contributed by atoms with E-state index in [1.165, 1.54) is 117 Å². The zero-order valence-electron chi connectivity index (χ0n) is 40.1. The van der Waals surface area contributed by atoms with Crippen LogP contribution in [0.4, 0.5) is 17.1 Å². The Balaban J connectivity index is 0.923. The van der Waals surface area contributed by atoms with Gasteiger partial charge in [-0.2, -0.15) is 0 Å². The maximum Gasteiger partial charge on any atom is 0.0725 e.